The summed E-state index contributed by atoms with van der Waals surface area (Å²) in [5.74, 6) is 2.57. The lowest BCUT2D eigenvalue weighted by Crippen LogP contribution is -2.10. The SMILES string of the molecule is CC(C)(C)c1ccc(Cc2ccc(Oc3ccc(O)cc3)cc2)cc1.CC(C)C. The Morgan fingerprint density at radius 2 is 1.07 bits per heavy atom. The highest BCUT2D eigenvalue weighted by Crippen LogP contribution is 2.25. The maximum atomic E-state index is 9.31. The first kappa shape index (κ1) is 22.5. The molecule has 3 aromatic rings. The van der Waals surface area contributed by atoms with Gasteiger partial charge in [0.05, 0.1) is 0 Å². The average Bonchev–Trinajstić information content (AvgIpc) is 2.64. The van der Waals surface area contributed by atoms with Gasteiger partial charge in [0.25, 0.3) is 0 Å². The topological polar surface area (TPSA) is 29.5 Å². The largest absolute Gasteiger partial charge is 0.508 e. The van der Waals surface area contributed by atoms with Crippen LogP contribution in [-0.2, 0) is 11.8 Å². The molecule has 0 unspecified atom stereocenters. The molecule has 1 N–H and O–H groups in total. The van der Waals surface area contributed by atoms with Crippen LogP contribution in [0.1, 0.15) is 58.2 Å². The van der Waals surface area contributed by atoms with Crippen LogP contribution in [0.5, 0.6) is 17.2 Å². The molecule has 0 fully saturated rings. The number of phenols is 1. The van der Waals surface area contributed by atoms with E-state index in [0.717, 1.165) is 18.1 Å². The quantitative estimate of drug-likeness (QED) is 0.494. The molecule has 0 spiro atoms. The molecule has 0 radical (unpaired) electrons. The highest BCUT2D eigenvalue weighted by atomic mass is 16.5. The van der Waals surface area contributed by atoms with E-state index in [0.29, 0.717) is 5.75 Å². The minimum absolute atomic E-state index is 0.186. The van der Waals surface area contributed by atoms with Crippen molar-refractivity contribution in [3.63, 3.8) is 0 Å². The van der Waals surface area contributed by atoms with Crippen molar-refractivity contribution in [1.29, 1.82) is 0 Å². The third kappa shape index (κ3) is 8.03. The summed E-state index contributed by atoms with van der Waals surface area (Å²) in [7, 11) is 0. The molecular weight excluding hydrogens is 356 g/mol. The molecule has 0 aliphatic rings. The van der Waals surface area contributed by atoms with Gasteiger partial charge in [0.1, 0.15) is 17.2 Å². The lowest BCUT2D eigenvalue weighted by molar-refractivity contribution is 0.464. The van der Waals surface area contributed by atoms with Crippen molar-refractivity contribution in [2.75, 3.05) is 0 Å². The smallest absolute Gasteiger partial charge is 0.127 e. The van der Waals surface area contributed by atoms with Crippen molar-refractivity contribution in [3.8, 4) is 17.2 Å². The van der Waals surface area contributed by atoms with Gasteiger partial charge >= 0.3 is 0 Å². The molecule has 2 heteroatoms. The molecule has 0 aromatic heterocycles. The number of aromatic hydroxyl groups is 1. The second-order valence-corrected chi connectivity index (χ2v) is 9.10. The van der Waals surface area contributed by atoms with E-state index in [1.54, 1.807) is 24.3 Å². The van der Waals surface area contributed by atoms with E-state index in [-0.39, 0.29) is 11.2 Å². The highest BCUT2D eigenvalue weighted by Gasteiger charge is 2.12. The van der Waals surface area contributed by atoms with E-state index in [1.165, 1.54) is 16.7 Å². The summed E-state index contributed by atoms with van der Waals surface area (Å²) in [5.41, 5.74) is 4.10. The zero-order valence-corrected chi connectivity index (χ0v) is 18.6. The Morgan fingerprint density at radius 1 is 0.690 bits per heavy atom. The summed E-state index contributed by atoms with van der Waals surface area (Å²) in [6.45, 7) is 13.2. The number of ether oxygens (including phenoxy) is 1. The summed E-state index contributed by atoms with van der Waals surface area (Å²) in [4.78, 5) is 0. The first-order valence-electron chi connectivity index (χ1n) is 10.3. The van der Waals surface area contributed by atoms with Gasteiger partial charge in [-0.2, -0.15) is 0 Å². The van der Waals surface area contributed by atoms with Crippen molar-refractivity contribution in [1.82, 2.24) is 0 Å². The molecule has 0 aliphatic carbocycles. The lowest BCUT2D eigenvalue weighted by atomic mass is 9.86. The number of hydrogen-bond donors (Lipinski definition) is 1. The molecule has 0 saturated heterocycles. The van der Waals surface area contributed by atoms with E-state index < -0.39 is 0 Å². The zero-order valence-electron chi connectivity index (χ0n) is 18.6. The Hall–Kier alpha value is -2.74. The first-order valence-corrected chi connectivity index (χ1v) is 10.3. The second-order valence-electron chi connectivity index (χ2n) is 9.10. The maximum Gasteiger partial charge on any atom is 0.127 e. The number of hydrogen-bond acceptors (Lipinski definition) is 2. The first-order chi connectivity index (χ1) is 13.6. The van der Waals surface area contributed by atoms with E-state index >= 15 is 0 Å². The fraction of sp³-hybridized carbons (Fsp3) is 0.333. The molecule has 2 nitrogen and oxygen atoms in total. The summed E-state index contributed by atoms with van der Waals surface area (Å²) in [6, 6.07) is 23.7. The Morgan fingerprint density at radius 3 is 1.48 bits per heavy atom. The van der Waals surface area contributed by atoms with Gasteiger partial charge in [0.15, 0.2) is 0 Å². The normalized spacial score (nSPS) is 11.0. The van der Waals surface area contributed by atoms with Crippen molar-refractivity contribution in [2.24, 2.45) is 5.92 Å². The van der Waals surface area contributed by atoms with Gasteiger partial charge in [-0.1, -0.05) is 77.9 Å². The van der Waals surface area contributed by atoms with Gasteiger partial charge < -0.3 is 9.84 Å². The third-order valence-electron chi connectivity index (χ3n) is 4.22. The van der Waals surface area contributed by atoms with Gasteiger partial charge in [-0.25, -0.2) is 0 Å². The van der Waals surface area contributed by atoms with E-state index in [9.17, 15) is 5.11 Å². The van der Waals surface area contributed by atoms with E-state index in [1.807, 2.05) is 12.1 Å². The second kappa shape index (κ2) is 10.2. The molecule has 0 heterocycles. The third-order valence-corrected chi connectivity index (χ3v) is 4.22. The molecule has 0 amide bonds. The van der Waals surface area contributed by atoms with Crippen molar-refractivity contribution in [3.05, 3.63) is 89.5 Å². The van der Waals surface area contributed by atoms with Crippen molar-refractivity contribution in [2.45, 2.75) is 53.4 Å². The molecule has 0 saturated carbocycles. The van der Waals surface area contributed by atoms with Gasteiger partial charge in [-0.3, -0.25) is 0 Å². The van der Waals surface area contributed by atoms with Crippen LogP contribution in [0.3, 0.4) is 0 Å². The predicted molar refractivity (Wildman–Crippen MR) is 123 cm³/mol. The molecule has 0 atom stereocenters. The molecule has 0 bridgehead atoms. The maximum absolute atomic E-state index is 9.31. The number of phenolic OH excluding ortho intramolecular Hbond substituents is 1. The average molecular weight is 391 g/mol. The molecule has 154 valence electrons. The zero-order chi connectivity index (χ0) is 21.4. The van der Waals surface area contributed by atoms with Gasteiger partial charge in [0.2, 0.25) is 0 Å². The van der Waals surface area contributed by atoms with Crippen LogP contribution in [0, 0.1) is 5.92 Å². The fourth-order valence-corrected chi connectivity index (χ4v) is 2.68. The van der Waals surface area contributed by atoms with Crippen LogP contribution in [-0.4, -0.2) is 5.11 Å². The summed E-state index contributed by atoms with van der Waals surface area (Å²) in [5, 5.41) is 9.31. The number of benzene rings is 3. The number of rotatable bonds is 4. The van der Waals surface area contributed by atoms with Gasteiger partial charge in [-0.15, -0.1) is 0 Å². The van der Waals surface area contributed by atoms with Crippen molar-refractivity contribution < 1.29 is 9.84 Å². The van der Waals surface area contributed by atoms with Gasteiger partial charge in [-0.05, 0) is 70.8 Å². The van der Waals surface area contributed by atoms with Crippen LogP contribution in [0.15, 0.2) is 72.8 Å². The van der Waals surface area contributed by atoms with E-state index in [2.05, 4.69) is 77.9 Å². The Kier molecular flexibility index (Phi) is 7.90. The van der Waals surface area contributed by atoms with Crippen LogP contribution >= 0.6 is 0 Å². The monoisotopic (exact) mass is 390 g/mol. The summed E-state index contributed by atoms with van der Waals surface area (Å²) < 4.78 is 5.78. The Bertz CT molecular complexity index is 850. The summed E-state index contributed by atoms with van der Waals surface area (Å²) >= 11 is 0. The minimum atomic E-state index is 0.186. The Balaban J connectivity index is 0.000000687. The van der Waals surface area contributed by atoms with Crippen LogP contribution in [0.4, 0.5) is 0 Å². The minimum Gasteiger partial charge on any atom is -0.508 e. The fourth-order valence-electron chi connectivity index (χ4n) is 2.68. The van der Waals surface area contributed by atoms with Crippen molar-refractivity contribution >= 4 is 0 Å². The summed E-state index contributed by atoms with van der Waals surface area (Å²) in [6.07, 6.45) is 0.907. The van der Waals surface area contributed by atoms with Crippen LogP contribution in [0.25, 0.3) is 0 Å². The highest BCUT2D eigenvalue weighted by molar-refractivity contribution is 5.37. The molecule has 3 aromatic carbocycles. The predicted octanol–water partition coefficient (Wildman–Crippen LogP) is 7.74. The lowest BCUT2D eigenvalue weighted by Gasteiger charge is -2.19. The van der Waals surface area contributed by atoms with Crippen LogP contribution < -0.4 is 4.74 Å². The standard InChI is InChI=1S/C23H24O2.C4H10/c1-23(2,3)19-8-4-17(5-9-19)16-18-6-12-21(13-7-18)25-22-14-10-20(24)11-15-22;1-4(2)3/h4-15,24H,16H2,1-3H3;4H,1-3H3. The van der Waals surface area contributed by atoms with E-state index in [4.69, 9.17) is 4.74 Å². The molecule has 0 aliphatic heterocycles. The molecule has 29 heavy (non-hydrogen) atoms. The van der Waals surface area contributed by atoms with Gasteiger partial charge in [0, 0.05) is 0 Å². The van der Waals surface area contributed by atoms with Crippen LogP contribution in [0.2, 0.25) is 0 Å². The Labute approximate surface area is 176 Å². The molecular formula is C27H34O2. The molecule has 3 rings (SSSR count).